The lowest BCUT2D eigenvalue weighted by Crippen LogP contribution is -2.41. The Labute approximate surface area is 160 Å². The van der Waals surface area contributed by atoms with Crippen molar-refractivity contribution in [2.24, 2.45) is 4.99 Å². The molecule has 136 valence electrons. The molecule has 1 saturated heterocycles. The van der Waals surface area contributed by atoms with Gasteiger partial charge < -0.3 is 20.1 Å². The van der Waals surface area contributed by atoms with Gasteiger partial charge in [-0.15, -0.1) is 24.0 Å². The number of benzene rings is 1. The second kappa shape index (κ2) is 11.5. The minimum Gasteiger partial charge on any atom is -0.489 e. The first kappa shape index (κ1) is 21.0. The molecule has 0 amide bonds. The van der Waals surface area contributed by atoms with Crippen molar-refractivity contribution in [2.75, 3.05) is 26.2 Å². The van der Waals surface area contributed by atoms with E-state index < -0.39 is 0 Å². The molecule has 2 rings (SSSR count). The summed E-state index contributed by atoms with van der Waals surface area (Å²) in [5, 5.41) is 6.51. The van der Waals surface area contributed by atoms with E-state index in [-0.39, 0.29) is 42.0 Å². The van der Waals surface area contributed by atoms with Crippen LogP contribution in [0.5, 0.6) is 5.75 Å². The van der Waals surface area contributed by atoms with Crippen LogP contribution in [0.3, 0.4) is 0 Å². The van der Waals surface area contributed by atoms with Crippen molar-refractivity contribution in [3.8, 4) is 5.75 Å². The molecule has 1 heterocycles. The Hall–Kier alpha value is -1.09. The first-order chi connectivity index (χ1) is 11.2. The smallest absolute Gasteiger partial charge is 0.191 e. The summed E-state index contributed by atoms with van der Waals surface area (Å²) in [6.07, 6.45) is 2.39. The summed E-state index contributed by atoms with van der Waals surface area (Å²) in [6, 6.07) is 6.02. The molecule has 0 aliphatic carbocycles. The van der Waals surface area contributed by atoms with Crippen molar-refractivity contribution in [3.05, 3.63) is 30.1 Å². The van der Waals surface area contributed by atoms with Crippen molar-refractivity contribution in [1.82, 2.24) is 10.6 Å². The highest BCUT2D eigenvalue weighted by molar-refractivity contribution is 14.0. The molecule has 5 nitrogen and oxygen atoms in total. The molecule has 0 spiro atoms. The quantitative estimate of drug-likeness (QED) is 0.381. The Kier molecular flexibility index (Phi) is 10.0. The highest BCUT2D eigenvalue weighted by atomic mass is 127. The van der Waals surface area contributed by atoms with Gasteiger partial charge in [-0.05, 0) is 51.0 Å². The van der Waals surface area contributed by atoms with E-state index in [1.54, 1.807) is 12.1 Å². The van der Waals surface area contributed by atoms with Gasteiger partial charge in [-0.2, -0.15) is 0 Å². The molecule has 1 aromatic rings. The van der Waals surface area contributed by atoms with Gasteiger partial charge in [-0.1, -0.05) is 0 Å². The minimum absolute atomic E-state index is 0. The maximum atomic E-state index is 12.9. The van der Waals surface area contributed by atoms with Crippen molar-refractivity contribution in [3.63, 3.8) is 0 Å². The van der Waals surface area contributed by atoms with E-state index >= 15 is 0 Å². The summed E-state index contributed by atoms with van der Waals surface area (Å²) in [5.41, 5.74) is 0. The number of hydrogen-bond acceptors (Lipinski definition) is 3. The Morgan fingerprint density at radius 1 is 1.38 bits per heavy atom. The fourth-order valence-corrected chi connectivity index (χ4v) is 2.36. The summed E-state index contributed by atoms with van der Waals surface area (Å²) < 4.78 is 24.2. The molecule has 1 aliphatic heterocycles. The van der Waals surface area contributed by atoms with E-state index in [9.17, 15) is 4.39 Å². The highest BCUT2D eigenvalue weighted by Gasteiger charge is 2.15. The highest BCUT2D eigenvalue weighted by Crippen LogP contribution is 2.13. The third-order valence-corrected chi connectivity index (χ3v) is 3.52. The SMILES string of the molecule is CCNC(=NCC(C)Oc1ccc(F)cc1)NCC1CCCO1.I. The Morgan fingerprint density at radius 3 is 2.75 bits per heavy atom. The first-order valence-corrected chi connectivity index (χ1v) is 8.23. The van der Waals surface area contributed by atoms with Crippen LogP contribution in [0.15, 0.2) is 29.3 Å². The van der Waals surface area contributed by atoms with E-state index in [0.29, 0.717) is 12.3 Å². The fourth-order valence-electron chi connectivity index (χ4n) is 2.36. The van der Waals surface area contributed by atoms with Gasteiger partial charge in [-0.3, -0.25) is 0 Å². The average molecular weight is 451 g/mol. The van der Waals surface area contributed by atoms with Crippen LogP contribution in [0, 0.1) is 5.82 Å². The number of ether oxygens (including phenoxy) is 2. The number of halogens is 2. The summed E-state index contributed by atoms with van der Waals surface area (Å²) in [5.74, 6) is 1.14. The molecule has 2 N–H and O–H groups in total. The molecular formula is C17H27FIN3O2. The number of aliphatic imine (C=N–C) groups is 1. The lowest BCUT2D eigenvalue weighted by molar-refractivity contribution is 0.113. The van der Waals surface area contributed by atoms with Gasteiger partial charge in [0.25, 0.3) is 0 Å². The number of rotatable bonds is 7. The Bertz CT molecular complexity index is 493. The van der Waals surface area contributed by atoms with E-state index in [0.717, 1.165) is 38.5 Å². The lowest BCUT2D eigenvalue weighted by Gasteiger charge is -2.16. The average Bonchev–Trinajstić information content (AvgIpc) is 3.06. The topological polar surface area (TPSA) is 54.9 Å². The summed E-state index contributed by atoms with van der Waals surface area (Å²) in [7, 11) is 0. The normalized spacial score (nSPS) is 18.6. The van der Waals surface area contributed by atoms with Crippen molar-refractivity contribution in [1.29, 1.82) is 0 Å². The maximum Gasteiger partial charge on any atom is 0.191 e. The molecule has 24 heavy (non-hydrogen) atoms. The lowest BCUT2D eigenvalue weighted by atomic mass is 10.2. The Morgan fingerprint density at radius 2 is 2.12 bits per heavy atom. The standard InChI is InChI=1S/C17H26FN3O2.HI/c1-3-19-17(21-12-16-5-4-10-22-16)20-11-13(2)23-15-8-6-14(18)7-9-15;/h6-9,13,16H,3-5,10-12H2,1-2H3,(H2,19,20,21);1H. The molecular weight excluding hydrogens is 424 g/mol. The molecule has 0 saturated carbocycles. The minimum atomic E-state index is -0.268. The van der Waals surface area contributed by atoms with Crippen molar-refractivity contribution < 1.29 is 13.9 Å². The number of nitrogens with zero attached hydrogens (tertiary/aromatic N) is 1. The van der Waals surface area contributed by atoms with Crippen LogP contribution in [-0.4, -0.2) is 44.4 Å². The third-order valence-electron chi connectivity index (χ3n) is 3.52. The van der Waals surface area contributed by atoms with Crippen LogP contribution < -0.4 is 15.4 Å². The van der Waals surface area contributed by atoms with Crippen molar-refractivity contribution in [2.45, 2.75) is 38.9 Å². The van der Waals surface area contributed by atoms with E-state index in [1.807, 2.05) is 13.8 Å². The zero-order chi connectivity index (χ0) is 16.5. The molecule has 0 aromatic heterocycles. The number of guanidine groups is 1. The van der Waals surface area contributed by atoms with Crippen LogP contribution in [0.25, 0.3) is 0 Å². The van der Waals surface area contributed by atoms with Crippen molar-refractivity contribution >= 4 is 29.9 Å². The van der Waals surface area contributed by atoms with Gasteiger partial charge in [0, 0.05) is 19.7 Å². The molecule has 2 unspecified atom stereocenters. The van der Waals surface area contributed by atoms with E-state index in [2.05, 4.69) is 15.6 Å². The van der Waals surface area contributed by atoms with E-state index in [4.69, 9.17) is 9.47 Å². The van der Waals surface area contributed by atoms with Gasteiger partial charge in [0.15, 0.2) is 5.96 Å². The summed E-state index contributed by atoms with van der Waals surface area (Å²) in [4.78, 5) is 4.53. The molecule has 0 radical (unpaired) electrons. The van der Waals surface area contributed by atoms with Crippen LogP contribution in [-0.2, 0) is 4.74 Å². The van der Waals surface area contributed by atoms with Crippen LogP contribution >= 0.6 is 24.0 Å². The number of hydrogen-bond donors (Lipinski definition) is 2. The van der Waals surface area contributed by atoms with Crippen LogP contribution in [0.1, 0.15) is 26.7 Å². The summed E-state index contributed by atoms with van der Waals surface area (Å²) >= 11 is 0. The molecule has 1 fully saturated rings. The molecule has 0 bridgehead atoms. The maximum absolute atomic E-state index is 12.9. The van der Waals surface area contributed by atoms with Gasteiger partial charge in [0.1, 0.15) is 17.7 Å². The van der Waals surface area contributed by atoms with E-state index in [1.165, 1.54) is 12.1 Å². The monoisotopic (exact) mass is 451 g/mol. The second-order valence-electron chi connectivity index (χ2n) is 5.62. The van der Waals surface area contributed by atoms with Gasteiger partial charge in [0.05, 0.1) is 12.6 Å². The predicted octanol–water partition coefficient (Wildman–Crippen LogP) is 2.95. The second-order valence-corrected chi connectivity index (χ2v) is 5.62. The first-order valence-electron chi connectivity index (χ1n) is 8.23. The van der Waals surface area contributed by atoms with Gasteiger partial charge in [0.2, 0.25) is 0 Å². The molecule has 2 atom stereocenters. The van der Waals surface area contributed by atoms with Gasteiger partial charge >= 0.3 is 0 Å². The zero-order valence-electron chi connectivity index (χ0n) is 14.3. The fraction of sp³-hybridized carbons (Fsp3) is 0.588. The predicted molar refractivity (Wildman–Crippen MR) is 105 cm³/mol. The van der Waals surface area contributed by atoms with Crippen LogP contribution in [0.2, 0.25) is 0 Å². The van der Waals surface area contributed by atoms with Crippen LogP contribution in [0.4, 0.5) is 4.39 Å². The Balaban J connectivity index is 0.00000288. The number of nitrogens with one attached hydrogen (secondary N) is 2. The van der Waals surface area contributed by atoms with Gasteiger partial charge in [-0.25, -0.2) is 9.38 Å². The largest absolute Gasteiger partial charge is 0.489 e. The molecule has 1 aromatic carbocycles. The summed E-state index contributed by atoms with van der Waals surface area (Å²) in [6.45, 7) is 6.89. The molecule has 1 aliphatic rings. The molecule has 7 heteroatoms. The zero-order valence-corrected chi connectivity index (χ0v) is 16.6. The third kappa shape index (κ3) is 7.65.